The second-order valence-corrected chi connectivity index (χ2v) is 7.36. The molecule has 5 heteroatoms. The quantitative estimate of drug-likeness (QED) is 0.425. The third-order valence-electron chi connectivity index (χ3n) is 3.29. The highest BCUT2D eigenvalue weighted by atomic mass is 32.2. The molecule has 0 aliphatic carbocycles. The molecule has 1 unspecified atom stereocenters. The lowest BCUT2D eigenvalue weighted by Crippen LogP contribution is -2.39. The van der Waals surface area contributed by atoms with Crippen LogP contribution >= 0.6 is 11.8 Å². The summed E-state index contributed by atoms with van der Waals surface area (Å²) in [6.45, 7) is 8.38. The summed E-state index contributed by atoms with van der Waals surface area (Å²) in [4.78, 5) is 6.95. The Morgan fingerprint density at radius 1 is 1.37 bits per heavy atom. The van der Waals surface area contributed by atoms with E-state index in [1.807, 2.05) is 0 Å². The highest BCUT2D eigenvalue weighted by molar-refractivity contribution is 8.00. The lowest BCUT2D eigenvalue weighted by Gasteiger charge is -2.21. The molecule has 0 bridgehead atoms. The van der Waals surface area contributed by atoms with Gasteiger partial charge in [-0.3, -0.25) is 4.99 Å². The fraction of sp³-hybridized carbons (Fsp3) is 0.929. The third kappa shape index (κ3) is 7.06. The van der Waals surface area contributed by atoms with E-state index in [9.17, 15) is 0 Å². The molecule has 0 aromatic rings. The molecular formula is C14H30N4S. The molecule has 1 rings (SSSR count). The first-order chi connectivity index (χ1) is 9.06. The van der Waals surface area contributed by atoms with Crippen LogP contribution in [0.4, 0.5) is 0 Å². The number of aliphatic imine (C=N–C) groups is 1. The molecule has 1 aliphatic heterocycles. The van der Waals surface area contributed by atoms with E-state index >= 15 is 0 Å². The van der Waals surface area contributed by atoms with Gasteiger partial charge in [0.25, 0.3) is 0 Å². The topological polar surface area (TPSA) is 39.7 Å². The fourth-order valence-electron chi connectivity index (χ4n) is 2.15. The molecule has 0 radical (unpaired) electrons. The minimum Gasteiger partial charge on any atom is -0.357 e. The number of rotatable bonds is 7. The van der Waals surface area contributed by atoms with Gasteiger partial charge in [0.1, 0.15) is 0 Å². The molecule has 0 aromatic carbocycles. The van der Waals surface area contributed by atoms with E-state index in [2.05, 4.69) is 55.2 Å². The minimum absolute atomic E-state index is 0.353. The summed E-state index contributed by atoms with van der Waals surface area (Å²) in [6.07, 6.45) is 3.77. The Morgan fingerprint density at radius 3 is 2.74 bits per heavy atom. The number of nitrogens with zero attached hydrogens (tertiary/aromatic N) is 2. The van der Waals surface area contributed by atoms with E-state index in [1.165, 1.54) is 18.6 Å². The van der Waals surface area contributed by atoms with Crippen LogP contribution < -0.4 is 10.6 Å². The van der Waals surface area contributed by atoms with Crippen LogP contribution in [0.5, 0.6) is 0 Å². The van der Waals surface area contributed by atoms with Crippen molar-refractivity contribution in [3.05, 3.63) is 0 Å². The number of hydrogen-bond acceptors (Lipinski definition) is 3. The van der Waals surface area contributed by atoms with Gasteiger partial charge in [-0.25, -0.2) is 0 Å². The van der Waals surface area contributed by atoms with Gasteiger partial charge in [-0.2, -0.15) is 11.8 Å². The Hall–Kier alpha value is -0.420. The van der Waals surface area contributed by atoms with Crippen molar-refractivity contribution in [3.8, 4) is 0 Å². The number of nitrogens with one attached hydrogen (secondary N) is 2. The molecule has 1 atom stereocenters. The van der Waals surface area contributed by atoms with E-state index in [4.69, 9.17) is 4.99 Å². The lowest BCUT2D eigenvalue weighted by atomic mass is 10.1. The molecule has 112 valence electrons. The Kier molecular flexibility index (Phi) is 7.61. The van der Waals surface area contributed by atoms with Crippen LogP contribution in [0.3, 0.4) is 0 Å². The molecule has 0 aromatic heterocycles. The second kappa shape index (κ2) is 8.69. The van der Waals surface area contributed by atoms with Gasteiger partial charge in [0.15, 0.2) is 5.96 Å². The Bertz CT molecular complexity index is 273. The number of hydrogen-bond donors (Lipinski definition) is 2. The summed E-state index contributed by atoms with van der Waals surface area (Å²) in [6, 6.07) is 0. The molecule has 4 nitrogen and oxygen atoms in total. The second-order valence-electron chi connectivity index (χ2n) is 5.68. The zero-order chi connectivity index (χ0) is 14.1. The van der Waals surface area contributed by atoms with E-state index in [1.54, 1.807) is 0 Å². The zero-order valence-electron chi connectivity index (χ0n) is 13.0. The summed E-state index contributed by atoms with van der Waals surface area (Å²) in [5.74, 6) is 2.26. The molecule has 1 saturated heterocycles. The average Bonchev–Trinajstić information content (AvgIpc) is 2.78. The Labute approximate surface area is 122 Å². The van der Waals surface area contributed by atoms with Crippen LogP contribution in [-0.2, 0) is 0 Å². The van der Waals surface area contributed by atoms with Crippen LogP contribution in [0.2, 0.25) is 0 Å². The summed E-state index contributed by atoms with van der Waals surface area (Å²) < 4.78 is 0.353. The summed E-state index contributed by atoms with van der Waals surface area (Å²) in [7, 11) is 4.22. The lowest BCUT2D eigenvalue weighted by molar-refractivity contribution is 0.399. The summed E-state index contributed by atoms with van der Waals surface area (Å²) in [5.41, 5.74) is 0. The normalized spacial score (nSPS) is 23.9. The predicted octanol–water partition coefficient (Wildman–Crippen LogP) is 1.78. The predicted molar refractivity (Wildman–Crippen MR) is 87.2 cm³/mol. The average molecular weight is 286 g/mol. The molecule has 1 aliphatic rings. The monoisotopic (exact) mass is 286 g/mol. The van der Waals surface area contributed by atoms with Crippen molar-refractivity contribution < 1.29 is 0 Å². The van der Waals surface area contributed by atoms with Crippen molar-refractivity contribution in [2.45, 2.75) is 37.9 Å². The van der Waals surface area contributed by atoms with Crippen molar-refractivity contribution in [3.63, 3.8) is 0 Å². The Morgan fingerprint density at radius 2 is 2.16 bits per heavy atom. The standard InChI is InChI=1S/C14H30N4S/c1-5-15-13(16-9-7-10-18(3)4)17-12-14(2)8-6-11-19-14/h5-12H2,1-4H3,(H2,15,16,17). The molecule has 0 spiro atoms. The summed E-state index contributed by atoms with van der Waals surface area (Å²) >= 11 is 2.07. The van der Waals surface area contributed by atoms with Gasteiger partial charge in [-0.05, 0) is 59.5 Å². The van der Waals surface area contributed by atoms with Gasteiger partial charge < -0.3 is 15.5 Å². The first kappa shape index (κ1) is 16.6. The highest BCUT2D eigenvalue weighted by Gasteiger charge is 2.29. The fourth-order valence-corrected chi connectivity index (χ4v) is 3.38. The van der Waals surface area contributed by atoms with Gasteiger partial charge in [-0.15, -0.1) is 0 Å². The molecule has 0 saturated carbocycles. The van der Waals surface area contributed by atoms with Crippen LogP contribution in [0, 0.1) is 0 Å². The van der Waals surface area contributed by atoms with Crippen molar-refractivity contribution >= 4 is 17.7 Å². The van der Waals surface area contributed by atoms with Gasteiger partial charge in [0.2, 0.25) is 0 Å². The van der Waals surface area contributed by atoms with Crippen LogP contribution in [0.1, 0.15) is 33.1 Å². The van der Waals surface area contributed by atoms with Crippen LogP contribution in [-0.4, -0.2) is 61.6 Å². The van der Waals surface area contributed by atoms with Crippen molar-refractivity contribution in [2.75, 3.05) is 46.0 Å². The minimum atomic E-state index is 0.353. The van der Waals surface area contributed by atoms with Gasteiger partial charge in [-0.1, -0.05) is 0 Å². The largest absolute Gasteiger partial charge is 0.357 e. The van der Waals surface area contributed by atoms with E-state index in [0.717, 1.165) is 38.6 Å². The van der Waals surface area contributed by atoms with Gasteiger partial charge in [0, 0.05) is 17.8 Å². The van der Waals surface area contributed by atoms with Crippen molar-refractivity contribution in [1.29, 1.82) is 0 Å². The first-order valence-corrected chi connectivity index (χ1v) is 8.35. The molecule has 2 N–H and O–H groups in total. The molecule has 19 heavy (non-hydrogen) atoms. The number of guanidine groups is 1. The van der Waals surface area contributed by atoms with Crippen LogP contribution in [0.25, 0.3) is 0 Å². The van der Waals surface area contributed by atoms with E-state index in [-0.39, 0.29) is 0 Å². The highest BCUT2D eigenvalue weighted by Crippen LogP contribution is 2.37. The smallest absolute Gasteiger partial charge is 0.191 e. The van der Waals surface area contributed by atoms with Crippen molar-refractivity contribution in [1.82, 2.24) is 15.5 Å². The van der Waals surface area contributed by atoms with Gasteiger partial charge in [0.05, 0.1) is 6.54 Å². The molecule has 1 fully saturated rings. The Balaban J connectivity index is 2.33. The van der Waals surface area contributed by atoms with E-state index in [0.29, 0.717) is 4.75 Å². The third-order valence-corrected chi connectivity index (χ3v) is 4.81. The summed E-state index contributed by atoms with van der Waals surface area (Å²) in [5, 5.41) is 6.75. The first-order valence-electron chi connectivity index (χ1n) is 7.36. The maximum atomic E-state index is 4.74. The maximum absolute atomic E-state index is 4.74. The molecule has 0 amide bonds. The van der Waals surface area contributed by atoms with E-state index < -0.39 is 0 Å². The SMILES string of the molecule is CCNC(=NCC1(C)CCCS1)NCCCN(C)C. The maximum Gasteiger partial charge on any atom is 0.191 e. The molecular weight excluding hydrogens is 256 g/mol. The zero-order valence-corrected chi connectivity index (χ0v) is 13.8. The van der Waals surface area contributed by atoms with Crippen molar-refractivity contribution in [2.24, 2.45) is 4.99 Å². The van der Waals surface area contributed by atoms with Crippen LogP contribution in [0.15, 0.2) is 4.99 Å². The van der Waals surface area contributed by atoms with Gasteiger partial charge >= 0.3 is 0 Å². The molecule has 1 heterocycles. The number of thioether (sulfide) groups is 1.